The molecule has 0 fully saturated rings. The highest BCUT2D eigenvalue weighted by Gasteiger charge is 2.08. The summed E-state index contributed by atoms with van der Waals surface area (Å²) in [6.45, 7) is 2.24. The average molecular weight is 216 g/mol. The molecule has 0 aromatic carbocycles. The zero-order valence-electron chi connectivity index (χ0n) is 8.07. The molecule has 0 saturated heterocycles. The fourth-order valence-corrected chi connectivity index (χ4v) is 0.668. The number of hydrogen-bond donors (Lipinski definition) is 0. The Hall–Kier alpha value is -0.240. The van der Waals surface area contributed by atoms with Crippen LogP contribution < -0.4 is 18.6 Å². The second-order valence-electron chi connectivity index (χ2n) is 3.53. The number of hydrogen-bond acceptors (Lipinski definition) is 5. The molecular weight excluding hydrogens is 202 g/mol. The second kappa shape index (κ2) is 5.48. The van der Waals surface area contributed by atoms with Gasteiger partial charge in [0.1, 0.15) is 6.54 Å². The molecule has 0 spiro atoms. The molecule has 0 rings (SSSR count). The summed E-state index contributed by atoms with van der Waals surface area (Å²) in [6, 6.07) is 0. The van der Waals surface area contributed by atoms with E-state index < -0.39 is 10.2 Å². The topological polar surface area (TPSA) is 109 Å². The van der Waals surface area contributed by atoms with E-state index >= 15 is 0 Å². The summed E-state index contributed by atoms with van der Waals surface area (Å²) >= 11 is 0. The van der Waals surface area contributed by atoms with Gasteiger partial charge < -0.3 is 4.48 Å². The molecule has 0 N–H and O–H groups in total. The largest absolute Gasteiger partial charge is 0.325 e. The molecule has 0 bridgehead atoms. The number of Topliss-reactive ketones (excluding diaryl/α,β-unsaturated/α-hetero) is 1. The number of ketones is 1. The predicted molar refractivity (Wildman–Crippen MR) is 33.6 cm³/mol. The van der Waals surface area contributed by atoms with E-state index in [1.54, 1.807) is 6.92 Å². The van der Waals surface area contributed by atoms with Gasteiger partial charge >= 0.3 is 0 Å². The summed E-state index contributed by atoms with van der Waals surface area (Å²) in [6.07, 6.45) is 0. The lowest BCUT2D eigenvalue weighted by atomic mass is 10.4. The van der Waals surface area contributed by atoms with E-state index in [1.165, 1.54) is 0 Å². The smallest absolute Gasteiger partial charge is 0.183 e. The molecule has 0 heterocycles. The van der Waals surface area contributed by atoms with E-state index in [0.717, 1.165) is 4.48 Å². The Labute approximate surface area is 79.3 Å². The van der Waals surface area contributed by atoms with Gasteiger partial charge in [0.2, 0.25) is 0 Å². The fourth-order valence-electron chi connectivity index (χ4n) is 0.668. The Morgan fingerprint density at radius 3 is 1.38 bits per heavy atom. The van der Waals surface area contributed by atoms with Gasteiger partial charge in [-0.05, 0) is 0 Å². The van der Waals surface area contributed by atoms with Crippen LogP contribution in [0, 0.1) is 10.2 Å². The lowest BCUT2D eigenvalue weighted by molar-refractivity contribution is -2.00. The molecule has 0 aromatic heterocycles. The first kappa shape index (κ1) is 15.2. The van der Waals surface area contributed by atoms with Gasteiger partial charge in [-0.1, -0.05) is 0 Å². The molecule has 0 aliphatic rings. The summed E-state index contributed by atoms with van der Waals surface area (Å²) in [5.41, 5.74) is 0. The van der Waals surface area contributed by atoms with Crippen LogP contribution in [0.25, 0.3) is 0 Å². The third-order valence-electron chi connectivity index (χ3n) is 0.697. The first-order chi connectivity index (χ1) is 5.42. The van der Waals surface area contributed by atoms with Gasteiger partial charge in [-0.2, -0.15) is 0 Å². The molecule has 0 atom stereocenters. The summed E-state index contributed by atoms with van der Waals surface area (Å²) in [5, 5.41) is 0. The maximum absolute atomic E-state index is 10.4. The number of quaternary nitrogens is 1. The van der Waals surface area contributed by atoms with Crippen molar-refractivity contribution in [1.82, 2.24) is 0 Å². The molecule has 80 valence electrons. The van der Waals surface area contributed by atoms with Gasteiger partial charge in [0.25, 0.3) is 0 Å². The van der Waals surface area contributed by atoms with Crippen molar-refractivity contribution in [2.75, 3.05) is 27.7 Å². The van der Waals surface area contributed by atoms with Crippen LogP contribution in [-0.2, 0) is 4.79 Å². The lowest BCUT2D eigenvalue weighted by Crippen LogP contribution is -2.68. The Morgan fingerprint density at radius 1 is 1.15 bits per heavy atom. The van der Waals surface area contributed by atoms with Crippen LogP contribution in [-0.4, -0.2) is 38.0 Å². The van der Waals surface area contributed by atoms with Crippen molar-refractivity contribution in [1.29, 1.82) is 0 Å². The van der Waals surface area contributed by atoms with Crippen LogP contribution in [0.3, 0.4) is 0 Å². The van der Waals surface area contributed by atoms with Crippen molar-refractivity contribution in [3.8, 4) is 0 Å². The third kappa shape index (κ3) is 49.4. The molecule has 0 radical (unpaired) electrons. The zero-order valence-corrected chi connectivity index (χ0v) is 8.83. The van der Waals surface area contributed by atoms with E-state index in [0.29, 0.717) is 6.54 Å². The van der Waals surface area contributed by atoms with Crippen molar-refractivity contribution in [3.05, 3.63) is 0 Å². The van der Waals surface area contributed by atoms with Gasteiger partial charge in [0.05, 0.1) is 21.1 Å². The van der Waals surface area contributed by atoms with Crippen molar-refractivity contribution >= 4 is 5.78 Å². The van der Waals surface area contributed by atoms with Gasteiger partial charge in [-0.3, -0.25) is 4.79 Å². The average Bonchev–Trinajstić information content (AvgIpc) is 1.47. The molecule has 0 aliphatic heterocycles. The predicted octanol–water partition coefficient (Wildman–Crippen LogP) is -4.47. The monoisotopic (exact) mass is 215 g/mol. The molecule has 0 aliphatic carbocycles. The highest BCUT2D eigenvalue weighted by atomic mass is 35.7. The Bertz CT molecular complexity index is 153. The molecule has 0 saturated carbocycles. The SMILES string of the molecule is CC(=O)C[N+](C)(C)C.[O-][Cl+3]([O-])([O-])[O-]. The normalized spacial score (nSPS) is 11.7. The highest BCUT2D eigenvalue weighted by molar-refractivity contribution is 5.76. The van der Waals surface area contributed by atoms with E-state index in [-0.39, 0.29) is 5.78 Å². The number of carbonyl (C=O) groups excluding carboxylic acids is 1. The maximum Gasteiger partial charge on any atom is 0.183 e. The van der Waals surface area contributed by atoms with Gasteiger partial charge in [0.15, 0.2) is 5.78 Å². The van der Waals surface area contributed by atoms with Crippen LogP contribution in [0.15, 0.2) is 0 Å². The van der Waals surface area contributed by atoms with Gasteiger partial charge in [-0.25, -0.2) is 18.6 Å². The zero-order chi connectivity index (χ0) is 11.3. The van der Waals surface area contributed by atoms with E-state index in [2.05, 4.69) is 0 Å². The lowest BCUT2D eigenvalue weighted by Gasteiger charge is -2.21. The van der Waals surface area contributed by atoms with E-state index in [1.807, 2.05) is 21.1 Å². The molecular formula is C6H14ClNO5. The molecule has 0 aromatic rings. The fraction of sp³-hybridized carbons (Fsp3) is 0.833. The first-order valence-corrected chi connectivity index (χ1v) is 4.57. The number of likely N-dealkylation sites (N-methyl/N-ethyl adjacent to an activating group) is 1. The summed E-state index contributed by atoms with van der Waals surface area (Å²) in [4.78, 5) is 10.4. The first-order valence-electron chi connectivity index (χ1n) is 3.33. The van der Waals surface area contributed by atoms with Crippen molar-refractivity contribution in [2.24, 2.45) is 0 Å². The van der Waals surface area contributed by atoms with Crippen LogP contribution in [0.5, 0.6) is 0 Å². The summed E-state index contributed by atoms with van der Waals surface area (Å²) in [5.74, 6) is 0.248. The Morgan fingerprint density at radius 2 is 1.38 bits per heavy atom. The van der Waals surface area contributed by atoms with Crippen LogP contribution in [0.4, 0.5) is 0 Å². The highest BCUT2D eigenvalue weighted by Crippen LogP contribution is 1.87. The van der Waals surface area contributed by atoms with Gasteiger partial charge in [-0.15, -0.1) is 10.2 Å². The number of nitrogens with zero attached hydrogens (tertiary/aromatic N) is 1. The van der Waals surface area contributed by atoms with E-state index in [9.17, 15) is 4.79 Å². The minimum atomic E-state index is -4.94. The van der Waals surface area contributed by atoms with Crippen molar-refractivity contribution < 1.29 is 38.2 Å². The molecule has 7 heteroatoms. The summed E-state index contributed by atoms with van der Waals surface area (Å²) in [7, 11) is 1.06. The molecule has 13 heavy (non-hydrogen) atoms. The number of rotatable bonds is 2. The van der Waals surface area contributed by atoms with Gasteiger partial charge in [0, 0.05) is 6.92 Å². The van der Waals surface area contributed by atoms with Crippen LogP contribution in [0.2, 0.25) is 0 Å². The summed E-state index contributed by atoms with van der Waals surface area (Å²) < 4.78 is 34.7. The quantitative estimate of drug-likeness (QED) is 0.432. The standard InChI is InChI=1S/C6H14NO.ClHO4/c1-6(8)5-7(2,3)4;2-1(3,4)5/h5H2,1-4H3;(H,2,3,4,5)/q+1;/p-1. The number of halogens is 1. The molecule has 0 unspecified atom stereocenters. The number of carbonyl (C=O) groups is 1. The van der Waals surface area contributed by atoms with Crippen LogP contribution in [0.1, 0.15) is 6.92 Å². The molecule has 0 amide bonds. The van der Waals surface area contributed by atoms with Crippen molar-refractivity contribution in [2.45, 2.75) is 6.92 Å². The van der Waals surface area contributed by atoms with E-state index in [4.69, 9.17) is 18.6 Å². The second-order valence-corrected chi connectivity index (χ2v) is 4.28. The Balaban J connectivity index is 0. The van der Waals surface area contributed by atoms with Crippen LogP contribution >= 0.6 is 0 Å². The minimum Gasteiger partial charge on any atom is -0.325 e. The van der Waals surface area contributed by atoms with Crippen molar-refractivity contribution in [3.63, 3.8) is 0 Å². The molecule has 6 nitrogen and oxygen atoms in total. The minimum absolute atomic E-state index is 0.248. The Kier molecular flexibility index (Phi) is 6.43. The third-order valence-corrected chi connectivity index (χ3v) is 0.697. The maximum atomic E-state index is 10.4.